The molecule has 0 aromatic carbocycles. The van der Waals surface area contributed by atoms with Crippen LogP contribution in [0.4, 0.5) is 5.95 Å². The van der Waals surface area contributed by atoms with Crippen molar-refractivity contribution in [2.45, 2.75) is 19.9 Å². The largest absolute Gasteiger partial charge is 0.367 e. The smallest absolute Gasteiger partial charge is 0.239 e. The zero-order valence-electron chi connectivity index (χ0n) is 8.56. The average Bonchev–Trinajstić information content (AvgIpc) is 2.72. The molecular formula is C9H17N5. The summed E-state index contributed by atoms with van der Waals surface area (Å²) >= 11 is 0. The zero-order valence-corrected chi connectivity index (χ0v) is 8.56. The van der Waals surface area contributed by atoms with Crippen LogP contribution in [0.2, 0.25) is 0 Å². The Kier molecular flexibility index (Phi) is 2.67. The van der Waals surface area contributed by atoms with Crippen molar-refractivity contribution in [3.05, 3.63) is 6.33 Å². The Morgan fingerprint density at radius 1 is 1.57 bits per heavy atom. The standard InChI is InChI=1S/C9H17N5/c1-8-2-3-13(6-8)4-5-14-7-11-9(10)12-14/h7-8H,2-6H2,1H3,(H2,10,12). The first-order valence-corrected chi connectivity index (χ1v) is 5.11. The van der Waals surface area contributed by atoms with Crippen molar-refractivity contribution in [3.63, 3.8) is 0 Å². The maximum atomic E-state index is 5.43. The van der Waals surface area contributed by atoms with E-state index in [4.69, 9.17) is 5.73 Å². The van der Waals surface area contributed by atoms with E-state index in [0.717, 1.165) is 19.0 Å². The second kappa shape index (κ2) is 3.96. The zero-order chi connectivity index (χ0) is 9.97. The summed E-state index contributed by atoms with van der Waals surface area (Å²) in [6.45, 7) is 6.66. The molecule has 5 nitrogen and oxygen atoms in total. The van der Waals surface area contributed by atoms with Gasteiger partial charge in [0.05, 0.1) is 6.54 Å². The van der Waals surface area contributed by atoms with Crippen molar-refractivity contribution in [3.8, 4) is 0 Å². The van der Waals surface area contributed by atoms with Gasteiger partial charge in [-0.15, -0.1) is 5.10 Å². The summed E-state index contributed by atoms with van der Waals surface area (Å²) in [6, 6.07) is 0. The van der Waals surface area contributed by atoms with Crippen LogP contribution in [-0.2, 0) is 6.54 Å². The van der Waals surface area contributed by atoms with Gasteiger partial charge in [-0.1, -0.05) is 6.92 Å². The summed E-state index contributed by atoms with van der Waals surface area (Å²) in [4.78, 5) is 6.35. The Morgan fingerprint density at radius 2 is 2.43 bits per heavy atom. The van der Waals surface area contributed by atoms with E-state index in [-0.39, 0.29) is 0 Å². The van der Waals surface area contributed by atoms with E-state index < -0.39 is 0 Å². The molecule has 2 heterocycles. The molecule has 0 radical (unpaired) electrons. The van der Waals surface area contributed by atoms with Gasteiger partial charge in [0.15, 0.2) is 0 Å². The molecule has 14 heavy (non-hydrogen) atoms. The van der Waals surface area contributed by atoms with E-state index in [1.807, 2.05) is 0 Å². The van der Waals surface area contributed by atoms with E-state index in [1.54, 1.807) is 11.0 Å². The Bertz CT molecular complexity index is 295. The molecule has 0 amide bonds. The number of nitrogen functional groups attached to an aromatic ring is 1. The molecule has 0 spiro atoms. The van der Waals surface area contributed by atoms with Crippen LogP contribution in [0.15, 0.2) is 6.33 Å². The van der Waals surface area contributed by atoms with Gasteiger partial charge in [0.2, 0.25) is 5.95 Å². The highest BCUT2D eigenvalue weighted by molar-refractivity contribution is 5.09. The van der Waals surface area contributed by atoms with E-state index in [2.05, 4.69) is 21.9 Å². The van der Waals surface area contributed by atoms with Gasteiger partial charge in [-0.2, -0.15) is 0 Å². The topological polar surface area (TPSA) is 60.0 Å². The lowest BCUT2D eigenvalue weighted by molar-refractivity contribution is 0.306. The molecule has 1 aliphatic rings. The number of nitrogens with two attached hydrogens (primary N) is 1. The maximum Gasteiger partial charge on any atom is 0.239 e. The van der Waals surface area contributed by atoms with Gasteiger partial charge in [-0.3, -0.25) is 0 Å². The van der Waals surface area contributed by atoms with Crippen molar-refractivity contribution in [1.82, 2.24) is 19.7 Å². The molecule has 0 saturated carbocycles. The first kappa shape index (κ1) is 9.45. The lowest BCUT2D eigenvalue weighted by Gasteiger charge is -2.14. The summed E-state index contributed by atoms with van der Waals surface area (Å²) in [5.74, 6) is 1.20. The first-order valence-electron chi connectivity index (χ1n) is 5.11. The van der Waals surface area contributed by atoms with Gasteiger partial charge in [-0.05, 0) is 18.9 Å². The third-order valence-corrected chi connectivity index (χ3v) is 2.71. The Labute approximate surface area is 83.9 Å². The molecular weight excluding hydrogens is 178 g/mol. The normalized spacial score (nSPS) is 23.1. The molecule has 0 aliphatic carbocycles. The number of aromatic nitrogens is 3. The number of nitrogens with zero attached hydrogens (tertiary/aromatic N) is 4. The van der Waals surface area contributed by atoms with E-state index >= 15 is 0 Å². The molecule has 1 atom stereocenters. The van der Waals surface area contributed by atoms with Gasteiger partial charge in [0.25, 0.3) is 0 Å². The highest BCUT2D eigenvalue weighted by Crippen LogP contribution is 2.14. The molecule has 1 saturated heterocycles. The van der Waals surface area contributed by atoms with Crippen LogP contribution in [0, 0.1) is 5.92 Å². The van der Waals surface area contributed by atoms with Gasteiger partial charge in [0, 0.05) is 13.1 Å². The van der Waals surface area contributed by atoms with Crippen LogP contribution in [0.3, 0.4) is 0 Å². The summed E-state index contributed by atoms with van der Waals surface area (Å²) in [5.41, 5.74) is 5.43. The van der Waals surface area contributed by atoms with E-state index in [9.17, 15) is 0 Å². The second-order valence-electron chi connectivity index (χ2n) is 4.06. The van der Waals surface area contributed by atoms with Crippen LogP contribution >= 0.6 is 0 Å². The van der Waals surface area contributed by atoms with Crippen molar-refractivity contribution in [2.75, 3.05) is 25.4 Å². The lowest BCUT2D eigenvalue weighted by Crippen LogP contribution is -2.25. The number of hydrogen-bond donors (Lipinski definition) is 1. The van der Waals surface area contributed by atoms with Crippen molar-refractivity contribution in [2.24, 2.45) is 5.92 Å². The highest BCUT2D eigenvalue weighted by atomic mass is 15.4. The lowest BCUT2D eigenvalue weighted by atomic mass is 10.2. The third-order valence-electron chi connectivity index (χ3n) is 2.71. The first-order chi connectivity index (χ1) is 6.74. The van der Waals surface area contributed by atoms with Gasteiger partial charge >= 0.3 is 0 Å². The number of rotatable bonds is 3. The summed E-state index contributed by atoms with van der Waals surface area (Å²) in [5, 5.41) is 4.05. The molecule has 2 rings (SSSR count). The SMILES string of the molecule is CC1CCN(CCn2cnc(N)n2)C1. The molecule has 1 unspecified atom stereocenters. The minimum atomic E-state index is 0.361. The summed E-state index contributed by atoms with van der Waals surface area (Å²) in [7, 11) is 0. The molecule has 0 bridgehead atoms. The van der Waals surface area contributed by atoms with Gasteiger partial charge < -0.3 is 10.6 Å². The highest BCUT2D eigenvalue weighted by Gasteiger charge is 2.17. The predicted octanol–water partition coefficient (Wildman–Crippen LogP) is 0.202. The van der Waals surface area contributed by atoms with Crippen LogP contribution in [0.1, 0.15) is 13.3 Å². The number of hydrogen-bond acceptors (Lipinski definition) is 4. The van der Waals surface area contributed by atoms with Crippen LogP contribution in [0.25, 0.3) is 0 Å². The van der Waals surface area contributed by atoms with E-state index in [0.29, 0.717) is 5.95 Å². The van der Waals surface area contributed by atoms with Crippen molar-refractivity contribution >= 4 is 5.95 Å². The van der Waals surface area contributed by atoms with Gasteiger partial charge in [-0.25, -0.2) is 9.67 Å². The quantitative estimate of drug-likeness (QED) is 0.748. The monoisotopic (exact) mass is 195 g/mol. The molecule has 78 valence electrons. The molecule has 1 aromatic heterocycles. The fraction of sp³-hybridized carbons (Fsp3) is 0.778. The second-order valence-corrected chi connectivity index (χ2v) is 4.06. The Morgan fingerprint density at radius 3 is 3.00 bits per heavy atom. The third kappa shape index (κ3) is 2.23. The molecule has 1 fully saturated rings. The predicted molar refractivity (Wildman–Crippen MR) is 54.7 cm³/mol. The van der Waals surface area contributed by atoms with Crippen LogP contribution < -0.4 is 5.73 Å². The molecule has 5 heteroatoms. The maximum absolute atomic E-state index is 5.43. The fourth-order valence-corrected chi connectivity index (χ4v) is 1.89. The average molecular weight is 195 g/mol. The minimum absolute atomic E-state index is 0.361. The van der Waals surface area contributed by atoms with Crippen LogP contribution in [-0.4, -0.2) is 39.3 Å². The molecule has 2 N–H and O–H groups in total. The Hall–Kier alpha value is -1.10. The van der Waals surface area contributed by atoms with Gasteiger partial charge in [0.1, 0.15) is 6.33 Å². The number of likely N-dealkylation sites (tertiary alicyclic amines) is 1. The minimum Gasteiger partial charge on any atom is -0.367 e. The summed E-state index contributed by atoms with van der Waals surface area (Å²) < 4.78 is 1.80. The Balaban J connectivity index is 1.77. The van der Waals surface area contributed by atoms with Crippen LogP contribution in [0.5, 0.6) is 0 Å². The van der Waals surface area contributed by atoms with Crippen molar-refractivity contribution in [1.29, 1.82) is 0 Å². The summed E-state index contributed by atoms with van der Waals surface area (Å²) in [6.07, 6.45) is 3.01. The number of anilines is 1. The fourth-order valence-electron chi connectivity index (χ4n) is 1.89. The van der Waals surface area contributed by atoms with E-state index in [1.165, 1.54) is 19.5 Å². The molecule has 1 aromatic rings. The molecule has 1 aliphatic heterocycles. The van der Waals surface area contributed by atoms with Crippen molar-refractivity contribution < 1.29 is 0 Å².